The number of rotatable bonds is 3. The largest absolute Gasteiger partial charge is 0.508 e. The molecule has 5 rings (SSSR count). The van der Waals surface area contributed by atoms with Gasteiger partial charge in [-0.05, 0) is 48.9 Å². The Morgan fingerprint density at radius 3 is 2.30 bits per heavy atom. The highest BCUT2D eigenvalue weighted by molar-refractivity contribution is 6.30. The van der Waals surface area contributed by atoms with E-state index in [1.165, 1.54) is 0 Å². The zero-order valence-electron chi connectivity index (χ0n) is 16.1. The number of phenols is 1. The van der Waals surface area contributed by atoms with E-state index < -0.39 is 0 Å². The molecule has 148 valence electrons. The third kappa shape index (κ3) is 2.95. The van der Waals surface area contributed by atoms with Crippen molar-refractivity contribution in [1.29, 1.82) is 0 Å². The Hall–Kier alpha value is -3.57. The van der Waals surface area contributed by atoms with E-state index in [-0.39, 0.29) is 17.7 Å². The maximum atomic E-state index is 13.4. The number of phenolic OH excluding ortho intramolecular Hbond substituents is 1. The average molecular weight is 416 g/mol. The third-order valence-electron chi connectivity index (χ3n) is 5.41. The number of nitrogens with one attached hydrogen (secondary N) is 1. The molecule has 0 aliphatic carbocycles. The molecule has 0 fully saturated rings. The van der Waals surface area contributed by atoms with Crippen molar-refractivity contribution in [2.75, 3.05) is 4.90 Å². The number of anilines is 1. The van der Waals surface area contributed by atoms with E-state index in [1.807, 2.05) is 55.5 Å². The minimum Gasteiger partial charge on any atom is -0.508 e. The Kier molecular flexibility index (Phi) is 4.33. The molecule has 6 heteroatoms. The van der Waals surface area contributed by atoms with Crippen molar-refractivity contribution in [1.82, 2.24) is 10.2 Å². The van der Waals surface area contributed by atoms with E-state index in [0.29, 0.717) is 10.7 Å². The molecule has 3 aromatic carbocycles. The first-order chi connectivity index (χ1) is 14.5. The summed E-state index contributed by atoms with van der Waals surface area (Å²) < 4.78 is 0. The number of aromatic amines is 1. The summed E-state index contributed by atoms with van der Waals surface area (Å²) >= 11 is 6.06. The highest BCUT2D eigenvalue weighted by atomic mass is 35.5. The molecule has 1 atom stereocenters. The average Bonchev–Trinajstić information content (AvgIpc) is 3.29. The number of hydrogen-bond acceptors (Lipinski definition) is 3. The second-order valence-electron chi connectivity index (χ2n) is 7.37. The third-order valence-corrected chi connectivity index (χ3v) is 5.66. The first kappa shape index (κ1) is 18.5. The van der Waals surface area contributed by atoms with Gasteiger partial charge in [0.15, 0.2) is 0 Å². The summed E-state index contributed by atoms with van der Waals surface area (Å²) in [4.78, 5) is 15.1. The second-order valence-corrected chi connectivity index (χ2v) is 7.81. The number of aromatic hydroxyl groups is 1. The first-order valence-corrected chi connectivity index (χ1v) is 9.94. The highest BCUT2D eigenvalue weighted by Gasteiger charge is 2.43. The van der Waals surface area contributed by atoms with Crippen molar-refractivity contribution in [3.05, 3.63) is 100 Å². The fourth-order valence-electron chi connectivity index (χ4n) is 3.92. The van der Waals surface area contributed by atoms with E-state index in [9.17, 15) is 9.90 Å². The van der Waals surface area contributed by atoms with Gasteiger partial charge < -0.3 is 5.11 Å². The second kappa shape index (κ2) is 7.04. The van der Waals surface area contributed by atoms with E-state index in [0.717, 1.165) is 33.6 Å². The van der Waals surface area contributed by atoms with Gasteiger partial charge in [-0.25, -0.2) is 0 Å². The number of aryl methyl sites for hydroxylation is 1. The Morgan fingerprint density at radius 2 is 1.63 bits per heavy atom. The lowest BCUT2D eigenvalue weighted by Crippen LogP contribution is -2.29. The summed E-state index contributed by atoms with van der Waals surface area (Å²) in [5, 5.41) is 17.8. The quantitative estimate of drug-likeness (QED) is 0.464. The van der Waals surface area contributed by atoms with Crippen molar-refractivity contribution < 1.29 is 9.90 Å². The van der Waals surface area contributed by atoms with E-state index in [4.69, 9.17) is 11.6 Å². The van der Waals surface area contributed by atoms with Gasteiger partial charge in [0.05, 0.1) is 11.7 Å². The summed E-state index contributed by atoms with van der Waals surface area (Å²) in [6, 6.07) is 21.8. The van der Waals surface area contributed by atoms with Gasteiger partial charge in [0.2, 0.25) is 0 Å². The molecule has 2 N–H and O–H groups in total. The summed E-state index contributed by atoms with van der Waals surface area (Å²) in [6.45, 7) is 2.03. The van der Waals surface area contributed by atoms with Crippen LogP contribution in [0.5, 0.6) is 5.75 Å². The monoisotopic (exact) mass is 415 g/mol. The van der Waals surface area contributed by atoms with Crippen LogP contribution in [0.15, 0.2) is 72.8 Å². The molecule has 30 heavy (non-hydrogen) atoms. The minimum atomic E-state index is -0.385. The normalized spacial score (nSPS) is 15.5. The Labute approximate surface area is 178 Å². The van der Waals surface area contributed by atoms with Crippen LogP contribution in [-0.4, -0.2) is 21.2 Å². The van der Waals surface area contributed by atoms with Gasteiger partial charge in [0, 0.05) is 21.8 Å². The molecule has 1 unspecified atom stereocenters. The van der Waals surface area contributed by atoms with Gasteiger partial charge in [-0.3, -0.25) is 14.8 Å². The maximum Gasteiger partial charge on any atom is 0.277 e. The molecule has 0 radical (unpaired) electrons. The number of fused-ring (bicyclic) bond motifs is 1. The van der Waals surface area contributed by atoms with Crippen LogP contribution in [0.1, 0.15) is 33.2 Å². The zero-order chi connectivity index (χ0) is 20.8. The van der Waals surface area contributed by atoms with E-state index in [1.54, 1.807) is 29.2 Å². The molecule has 1 aromatic heterocycles. The summed E-state index contributed by atoms with van der Waals surface area (Å²) in [6.07, 6.45) is 0. The van der Waals surface area contributed by atoms with Gasteiger partial charge >= 0.3 is 0 Å². The topological polar surface area (TPSA) is 69.2 Å². The smallest absolute Gasteiger partial charge is 0.277 e. The predicted molar refractivity (Wildman–Crippen MR) is 117 cm³/mol. The molecule has 0 saturated carbocycles. The van der Waals surface area contributed by atoms with Gasteiger partial charge in [-0.15, -0.1) is 0 Å². The molecule has 0 spiro atoms. The number of carbonyl (C=O) groups is 1. The van der Waals surface area contributed by atoms with Gasteiger partial charge in [0.25, 0.3) is 5.91 Å². The number of H-pyrrole nitrogens is 1. The molecule has 0 saturated heterocycles. The van der Waals surface area contributed by atoms with Crippen LogP contribution < -0.4 is 4.90 Å². The molecule has 5 nitrogen and oxygen atoms in total. The first-order valence-electron chi connectivity index (χ1n) is 9.56. The van der Waals surface area contributed by atoms with Crippen molar-refractivity contribution in [3.8, 4) is 17.0 Å². The number of aromatic nitrogens is 2. The van der Waals surface area contributed by atoms with Crippen LogP contribution in [0.2, 0.25) is 5.02 Å². The van der Waals surface area contributed by atoms with Crippen LogP contribution in [0, 0.1) is 6.92 Å². The number of nitrogens with zero attached hydrogens (tertiary/aromatic N) is 2. The maximum absolute atomic E-state index is 13.4. The lowest BCUT2D eigenvalue weighted by atomic mass is 9.95. The molecule has 1 amide bonds. The van der Waals surface area contributed by atoms with Crippen LogP contribution in [0.4, 0.5) is 5.69 Å². The van der Waals surface area contributed by atoms with Crippen molar-refractivity contribution >= 4 is 23.2 Å². The Bertz CT molecular complexity index is 1230. The molecule has 1 aliphatic heterocycles. The summed E-state index contributed by atoms with van der Waals surface area (Å²) in [7, 11) is 0. The lowest BCUT2D eigenvalue weighted by Gasteiger charge is -2.26. The molecule has 0 bridgehead atoms. The number of amides is 1. The van der Waals surface area contributed by atoms with Crippen molar-refractivity contribution in [3.63, 3.8) is 0 Å². The van der Waals surface area contributed by atoms with Gasteiger partial charge in [-0.1, -0.05) is 53.6 Å². The molecule has 4 aromatic rings. The van der Waals surface area contributed by atoms with E-state index >= 15 is 0 Å². The molecular formula is C24H18ClN3O2. The fourth-order valence-corrected chi connectivity index (χ4v) is 4.04. The van der Waals surface area contributed by atoms with Crippen molar-refractivity contribution in [2.24, 2.45) is 0 Å². The number of halogens is 1. The van der Waals surface area contributed by atoms with Crippen LogP contribution in [-0.2, 0) is 0 Å². The van der Waals surface area contributed by atoms with Crippen LogP contribution >= 0.6 is 11.6 Å². The molecule has 2 heterocycles. The Balaban J connectivity index is 1.71. The van der Waals surface area contributed by atoms with Crippen molar-refractivity contribution in [2.45, 2.75) is 13.0 Å². The highest BCUT2D eigenvalue weighted by Crippen LogP contribution is 2.45. The number of benzene rings is 3. The van der Waals surface area contributed by atoms with Gasteiger partial charge in [0.1, 0.15) is 11.4 Å². The predicted octanol–water partition coefficient (Wildman–Crippen LogP) is 5.49. The number of hydrogen-bond donors (Lipinski definition) is 2. The Morgan fingerprint density at radius 1 is 0.967 bits per heavy atom. The van der Waals surface area contributed by atoms with Crippen LogP contribution in [0.3, 0.4) is 0 Å². The lowest BCUT2D eigenvalue weighted by molar-refractivity contribution is 0.0989. The van der Waals surface area contributed by atoms with Crippen LogP contribution in [0.25, 0.3) is 11.3 Å². The zero-order valence-corrected chi connectivity index (χ0v) is 16.9. The summed E-state index contributed by atoms with van der Waals surface area (Å²) in [5.41, 5.74) is 5.75. The fraction of sp³-hybridized carbons (Fsp3) is 0.0833. The minimum absolute atomic E-state index is 0.156. The molecular weight excluding hydrogens is 398 g/mol. The van der Waals surface area contributed by atoms with E-state index in [2.05, 4.69) is 10.2 Å². The summed E-state index contributed by atoms with van der Waals surface area (Å²) in [5.74, 6) is 0.0172. The SMILES string of the molecule is Cc1ccc(-c2n[nH]c3c2C(c2ccc(O)cc2)N(c2ccc(Cl)cc2)C3=O)cc1. The van der Waals surface area contributed by atoms with Gasteiger partial charge in [-0.2, -0.15) is 5.10 Å². The standard InChI is InChI=1S/C24H18ClN3O2/c1-14-2-4-15(5-3-14)21-20-22(27-26-21)24(30)28(18-10-8-17(25)9-11-18)23(20)16-6-12-19(29)13-7-16/h2-13,23,29H,1H3,(H,26,27). The number of carbonyl (C=O) groups excluding carboxylic acids is 1. The molecule has 1 aliphatic rings.